The number of aromatic nitrogens is 3. The Bertz CT molecular complexity index is 1200. The first-order valence-electron chi connectivity index (χ1n) is 9.77. The molecular formula is C24H19ClN4OS2. The van der Waals surface area contributed by atoms with Crippen LogP contribution in [0.1, 0.15) is 21.6 Å². The number of pyridine rings is 1. The summed E-state index contributed by atoms with van der Waals surface area (Å²) in [6.07, 6.45) is 4.97. The van der Waals surface area contributed by atoms with Crippen LogP contribution in [0.5, 0.6) is 0 Å². The molecule has 2 aromatic carbocycles. The van der Waals surface area contributed by atoms with Gasteiger partial charge in [-0.2, -0.15) is 0 Å². The molecule has 0 atom stereocenters. The van der Waals surface area contributed by atoms with Crippen LogP contribution in [0.2, 0.25) is 5.02 Å². The number of aryl methyl sites for hydroxylation is 1. The quantitative estimate of drug-likeness (QED) is 0.240. The van der Waals surface area contributed by atoms with E-state index in [1.54, 1.807) is 30.7 Å². The van der Waals surface area contributed by atoms with Gasteiger partial charge in [-0.15, -0.1) is 0 Å². The zero-order chi connectivity index (χ0) is 22.3. The number of amides is 1. The van der Waals surface area contributed by atoms with Crippen LogP contribution in [0.15, 0.2) is 94.2 Å². The van der Waals surface area contributed by atoms with E-state index in [2.05, 4.69) is 20.3 Å². The lowest BCUT2D eigenvalue weighted by molar-refractivity contribution is 0.101. The molecular weight excluding hydrogens is 460 g/mol. The second-order valence-electron chi connectivity index (χ2n) is 6.89. The van der Waals surface area contributed by atoms with E-state index in [0.29, 0.717) is 32.2 Å². The van der Waals surface area contributed by atoms with Crippen molar-refractivity contribution in [1.82, 2.24) is 15.0 Å². The Kier molecular flexibility index (Phi) is 7.42. The summed E-state index contributed by atoms with van der Waals surface area (Å²) >= 11 is 8.90. The Morgan fingerprint density at radius 3 is 2.44 bits per heavy atom. The molecule has 0 aliphatic carbocycles. The molecule has 1 N–H and O–H groups in total. The van der Waals surface area contributed by atoms with Gasteiger partial charge in [0.15, 0.2) is 5.16 Å². The molecule has 0 bridgehead atoms. The second-order valence-corrected chi connectivity index (χ2v) is 9.38. The van der Waals surface area contributed by atoms with Crippen LogP contribution in [0, 0.1) is 6.92 Å². The maximum atomic E-state index is 13.1. The van der Waals surface area contributed by atoms with Crippen LogP contribution < -0.4 is 5.32 Å². The number of hydrogen-bond acceptors (Lipinski definition) is 6. The highest BCUT2D eigenvalue weighted by molar-refractivity contribution is 7.99. The lowest BCUT2D eigenvalue weighted by atomic mass is 10.2. The molecule has 0 spiro atoms. The van der Waals surface area contributed by atoms with E-state index in [-0.39, 0.29) is 5.91 Å². The minimum absolute atomic E-state index is 0.290. The van der Waals surface area contributed by atoms with Crippen molar-refractivity contribution in [3.8, 4) is 0 Å². The minimum Gasteiger partial charge on any atom is -0.321 e. The molecule has 4 aromatic rings. The van der Waals surface area contributed by atoms with Crippen molar-refractivity contribution in [2.75, 3.05) is 5.32 Å². The van der Waals surface area contributed by atoms with Gasteiger partial charge in [-0.25, -0.2) is 9.97 Å². The number of benzene rings is 2. The number of nitrogens with zero attached hydrogens (tertiary/aromatic N) is 3. The van der Waals surface area contributed by atoms with Crippen molar-refractivity contribution in [2.45, 2.75) is 27.6 Å². The summed E-state index contributed by atoms with van der Waals surface area (Å²) in [6.45, 7) is 2.04. The minimum atomic E-state index is -0.290. The third-order valence-corrected chi connectivity index (χ3v) is 6.63. The second kappa shape index (κ2) is 10.6. The summed E-state index contributed by atoms with van der Waals surface area (Å²) in [5, 5.41) is 4.13. The Labute approximate surface area is 200 Å². The van der Waals surface area contributed by atoms with Crippen LogP contribution in [0.4, 0.5) is 5.69 Å². The van der Waals surface area contributed by atoms with Gasteiger partial charge >= 0.3 is 0 Å². The zero-order valence-electron chi connectivity index (χ0n) is 17.2. The van der Waals surface area contributed by atoms with Crippen molar-refractivity contribution >= 4 is 46.7 Å². The molecule has 0 radical (unpaired) electrons. The zero-order valence-corrected chi connectivity index (χ0v) is 19.5. The van der Waals surface area contributed by atoms with E-state index >= 15 is 0 Å². The predicted molar refractivity (Wildman–Crippen MR) is 131 cm³/mol. The summed E-state index contributed by atoms with van der Waals surface area (Å²) in [7, 11) is 0. The molecule has 4 rings (SSSR count). The molecule has 32 heavy (non-hydrogen) atoms. The monoisotopic (exact) mass is 478 g/mol. The van der Waals surface area contributed by atoms with Crippen molar-refractivity contribution in [2.24, 2.45) is 0 Å². The van der Waals surface area contributed by atoms with Gasteiger partial charge in [-0.05, 0) is 48.9 Å². The van der Waals surface area contributed by atoms with Crippen LogP contribution in [0.3, 0.4) is 0 Å². The molecule has 5 nitrogen and oxygen atoms in total. The predicted octanol–water partition coefficient (Wildman–Crippen LogP) is 6.53. The van der Waals surface area contributed by atoms with E-state index in [0.717, 1.165) is 10.5 Å². The van der Waals surface area contributed by atoms with Gasteiger partial charge in [-0.3, -0.25) is 9.78 Å². The van der Waals surface area contributed by atoms with Crippen LogP contribution >= 0.6 is 35.1 Å². The molecule has 0 aliphatic heterocycles. The van der Waals surface area contributed by atoms with E-state index in [4.69, 9.17) is 11.6 Å². The number of carbonyl (C=O) groups is 1. The Hall–Kier alpha value is -2.87. The van der Waals surface area contributed by atoms with Crippen molar-refractivity contribution in [1.29, 1.82) is 0 Å². The largest absolute Gasteiger partial charge is 0.321 e. The smallest absolute Gasteiger partial charge is 0.275 e. The Morgan fingerprint density at radius 1 is 1.00 bits per heavy atom. The maximum absolute atomic E-state index is 13.1. The van der Waals surface area contributed by atoms with Crippen LogP contribution in [0.25, 0.3) is 0 Å². The Morgan fingerprint density at radius 2 is 1.72 bits per heavy atom. The standard InChI is InChI=1S/C24H19ClN4OS2/c1-16-2-8-20(9-3-16)32-21-14-27-24(31-15-17-4-6-18(25)7-5-17)29-22(21)23(30)28-19-10-12-26-13-11-19/h2-14H,15H2,1H3,(H,26,28,30). The fourth-order valence-corrected chi connectivity index (χ4v) is 4.51. The number of halogens is 1. The molecule has 0 aliphatic rings. The highest BCUT2D eigenvalue weighted by Gasteiger charge is 2.17. The third-order valence-electron chi connectivity index (χ3n) is 4.42. The molecule has 1 amide bonds. The highest BCUT2D eigenvalue weighted by atomic mass is 35.5. The molecule has 0 saturated carbocycles. The van der Waals surface area contributed by atoms with E-state index in [1.165, 1.54) is 29.1 Å². The summed E-state index contributed by atoms with van der Waals surface area (Å²) in [6, 6.07) is 19.2. The first-order valence-corrected chi connectivity index (χ1v) is 11.9. The highest BCUT2D eigenvalue weighted by Crippen LogP contribution is 2.31. The average molecular weight is 479 g/mol. The number of hydrogen-bond donors (Lipinski definition) is 1. The first kappa shape index (κ1) is 22.3. The summed E-state index contributed by atoms with van der Waals surface area (Å²) < 4.78 is 0. The van der Waals surface area contributed by atoms with Crippen LogP contribution in [-0.2, 0) is 5.75 Å². The number of rotatable bonds is 7. The maximum Gasteiger partial charge on any atom is 0.275 e. The summed E-state index contributed by atoms with van der Waals surface area (Å²) in [4.78, 5) is 27.9. The van der Waals surface area contributed by atoms with Crippen molar-refractivity contribution in [3.05, 3.63) is 101 Å². The van der Waals surface area contributed by atoms with E-state index < -0.39 is 0 Å². The summed E-state index contributed by atoms with van der Waals surface area (Å²) in [5.41, 5.74) is 3.27. The fraction of sp³-hybridized carbons (Fsp3) is 0.0833. The van der Waals surface area contributed by atoms with Crippen molar-refractivity contribution < 1.29 is 4.79 Å². The van der Waals surface area contributed by atoms with Gasteiger partial charge in [0.25, 0.3) is 5.91 Å². The normalized spacial score (nSPS) is 10.7. The van der Waals surface area contributed by atoms with Gasteiger partial charge < -0.3 is 5.32 Å². The third kappa shape index (κ3) is 6.09. The molecule has 2 heterocycles. The first-order chi connectivity index (χ1) is 15.6. The summed E-state index contributed by atoms with van der Waals surface area (Å²) in [5.74, 6) is 0.383. The number of thioether (sulfide) groups is 1. The molecule has 0 unspecified atom stereocenters. The van der Waals surface area contributed by atoms with Crippen LogP contribution in [-0.4, -0.2) is 20.9 Å². The van der Waals surface area contributed by atoms with Gasteiger partial charge in [0.05, 0.1) is 4.90 Å². The van der Waals surface area contributed by atoms with Gasteiger partial charge in [0.2, 0.25) is 0 Å². The van der Waals surface area contributed by atoms with E-state index in [9.17, 15) is 4.79 Å². The number of nitrogens with one attached hydrogen (secondary N) is 1. The molecule has 0 fully saturated rings. The number of carbonyl (C=O) groups excluding carboxylic acids is 1. The lowest BCUT2D eigenvalue weighted by Gasteiger charge is -2.11. The van der Waals surface area contributed by atoms with Gasteiger partial charge in [0.1, 0.15) is 5.69 Å². The molecule has 160 valence electrons. The molecule has 2 aromatic heterocycles. The molecule has 0 saturated heterocycles. The fourth-order valence-electron chi connectivity index (χ4n) is 2.75. The average Bonchev–Trinajstić information content (AvgIpc) is 2.81. The van der Waals surface area contributed by atoms with Crippen molar-refractivity contribution in [3.63, 3.8) is 0 Å². The molecule has 8 heteroatoms. The van der Waals surface area contributed by atoms with Gasteiger partial charge in [-0.1, -0.05) is 65.0 Å². The number of anilines is 1. The Balaban J connectivity index is 1.58. The SMILES string of the molecule is Cc1ccc(Sc2cnc(SCc3ccc(Cl)cc3)nc2C(=O)Nc2ccncc2)cc1. The van der Waals surface area contributed by atoms with Gasteiger partial charge in [0, 0.05) is 39.9 Å². The van der Waals surface area contributed by atoms with E-state index in [1.807, 2.05) is 55.5 Å². The topological polar surface area (TPSA) is 67.8 Å². The lowest BCUT2D eigenvalue weighted by Crippen LogP contribution is -2.16.